The largest absolute Gasteiger partial charge is 0.447 e. The van der Waals surface area contributed by atoms with Crippen molar-refractivity contribution in [3.63, 3.8) is 0 Å². The molecule has 0 spiro atoms. The van der Waals surface area contributed by atoms with Gasteiger partial charge in [0.15, 0.2) is 0 Å². The molecule has 0 radical (unpaired) electrons. The molecule has 3 atom stereocenters. The second kappa shape index (κ2) is 11.5. The van der Waals surface area contributed by atoms with Crippen molar-refractivity contribution in [1.82, 2.24) is 4.90 Å². The average molecular weight is 432 g/mol. The fourth-order valence-electron chi connectivity index (χ4n) is 4.57. The lowest BCUT2D eigenvalue weighted by Crippen LogP contribution is -2.46. The van der Waals surface area contributed by atoms with Gasteiger partial charge in [-0.1, -0.05) is 98.7 Å². The summed E-state index contributed by atoms with van der Waals surface area (Å²) < 4.78 is 5.47. The van der Waals surface area contributed by atoms with Crippen LogP contribution < -0.4 is 0 Å². The van der Waals surface area contributed by atoms with Crippen LogP contribution in [0.1, 0.15) is 50.2 Å². The Kier molecular flexibility index (Phi) is 8.43. The minimum atomic E-state index is -0.554. The molecule has 2 amide bonds. The molecular weight excluding hydrogens is 398 g/mol. The summed E-state index contributed by atoms with van der Waals surface area (Å²) in [5, 5.41) is 0. The van der Waals surface area contributed by atoms with Crippen LogP contribution in [-0.2, 0) is 9.53 Å². The molecule has 1 heterocycles. The summed E-state index contributed by atoms with van der Waals surface area (Å²) in [6, 6.07) is 19.7. The lowest BCUT2D eigenvalue weighted by atomic mass is 9.82. The molecule has 168 valence electrons. The first-order valence-corrected chi connectivity index (χ1v) is 11.5. The first-order chi connectivity index (χ1) is 15.6. The number of imide groups is 1. The fourth-order valence-corrected chi connectivity index (χ4v) is 4.57. The van der Waals surface area contributed by atoms with Gasteiger partial charge in [0.05, 0.1) is 6.04 Å². The van der Waals surface area contributed by atoms with Gasteiger partial charge in [-0.05, 0) is 24.5 Å². The van der Waals surface area contributed by atoms with E-state index in [0.717, 1.165) is 24.0 Å². The number of rotatable bonds is 10. The van der Waals surface area contributed by atoms with Crippen LogP contribution in [0.15, 0.2) is 85.5 Å². The molecule has 1 saturated heterocycles. The summed E-state index contributed by atoms with van der Waals surface area (Å²) in [5.41, 5.74) is 2.11. The molecule has 0 saturated carbocycles. The molecule has 32 heavy (non-hydrogen) atoms. The zero-order chi connectivity index (χ0) is 22.9. The molecule has 1 fully saturated rings. The van der Waals surface area contributed by atoms with Crippen molar-refractivity contribution in [3.8, 4) is 0 Å². The van der Waals surface area contributed by atoms with Gasteiger partial charge in [0.25, 0.3) is 0 Å². The highest BCUT2D eigenvalue weighted by Gasteiger charge is 2.46. The number of nitrogens with zero attached hydrogens (tertiary/aromatic N) is 1. The lowest BCUT2D eigenvalue weighted by molar-refractivity contribution is -0.134. The second-order valence-electron chi connectivity index (χ2n) is 8.24. The molecule has 0 aromatic heterocycles. The number of ether oxygens (including phenoxy) is 1. The normalized spacial score (nSPS) is 18.0. The number of carbonyl (C=O) groups excluding carboxylic acids is 2. The van der Waals surface area contributed by atoms with Gasteiger partial charge in [0.1, 0.15) is 6.61 Å². The van der Waals surface area contributed by atoms with Gasteiger partial charge < -0.3 is 4.74 Å². The van der Waals surface area contributed by atoms with Gasteiger partial charge in [-0.25, -0.2) is 9.69 Å². The van der Waals surface area contributed by atoms with Crippen LogP contribution in [0.3, 0.4) is 0 Å². The number of amides is 2. The fraction of sp³-hybridized carbons (Fsp3) is 0.357. The van der Waals surface area contributed by atoms with E-state index in [1.165, 1.54) is 4.90 Å². The van der Waals surface area contributed by atoms with E-state index in [4.69, 9.17) is 4.74 Å². The number of benzene rings is 2. The maximum Gasteiger partial charge on any atom is 0.417 e. The zero-order valence-electron chi connectivity index (χ0n) is 19.0. The molecule has 4 nitrogen and oxygen atoms in total. The number of hydrogen-bond acceptors (Lipinski definition) is 3. The molecule has 1 aliphatic heterocycles. The number of hydrogen-bond donors (Lipinski definition) is 0. The number of unbranched alkanes of at least 4 members (excludes halogenated alkanes) is 1. The predicted molar refractivity (Wildman–Crippen MR) is 128 cm³/mol. The molecule has 2 aromatic carbocycles. The first-order valence-electron chi connectivity index (χ1n) is 11.5. The Balaban J connectivity index is 2.02. The molecule has 4 heteroatoms. The van der Waals surface area contributed by atoms with Crippen molar-refractivity contribution in [2.75, 3.05) is 6.61 Å². The summed E-state index contributed by atoms with van der Waals surface area (Å²) in [6.07, 6.45) is 7.78. The molecule has 3 rings (SSSR count). The highest BCUT2D eigenvalue weighted by molar-refractivity contribution is 5.95. The third-order valence-corrected chi connectivity index (χ3v) is 6.18. The minimum Gasteiger partial charge on any atom is -0.447 e. The molecule has 0 bridgehead atoms. The van der Waals surface area contributed by atoms with Crippen molar-refractivity contribution in [1.29, 1.82) is 0 Å². The molecule has 1 aliphatic rings. The molecule has 0 aliphatic carbocycles. The molecule has 0 unspecified atom stereocenters. The van der Waals surface area contributed by atoms with Crippen molar-refractivity contribution in [2.24, 2.45) is 11.8 Å². The van der Waals surface area contributed by atoms with Crippen LogP contribution in [0.25, 0.3) is 0 Å². The average Bonchev–Trinajstić information content (AvgIpc) is 3.20. The van der Waals surface area contributed by atoms with E-state index >= 15 is 0 Å². The van der Waals surface area contributed by atoms with Crippen LogP contribution in [0.2, 0.25) is 0 Å². The Hall–Kier alpha value is -3.14. The Bertz CT molecular complexity index is 883. The first kappa shape index (κ1) is 23.5. The zero-order valence-corrected chi connectivity index (χ0v) is 19.0. The van der Waals surface area contributed by atoms with Gasteiger partial charge in [-0.2, -0.15) is 0 Å². The standard InChI is InChI=1S/C28H33NO3/c1-4-7-19-24(21(6-3)14-5-2)27(30)29-25(20-32-28(29)31)26(22-15-10-8-11-16-22)23-17-12-9-13-18-23/h5-6,8-18,21,24-26H,3-4,7,19-20H2,1-2H3/b14-5+/t21-,24-,25-/m0/s1. The monoisotopic (exact) mass is 431 g/mol. The highest BCUT2D eigenvalue weighted by atomic mass is 16.6. The van der Waals surface area contributed by atoms with Gasteiger partial charge in [-0.15, -0.1) is 6.58 Å². The highest BCUT2D eigenvalue weighted by Crippen LogP contribution is 2.36. The number of allylic oxidation sites excluding steroid dienone is 3. The molecule has 2 aromatic rings. The van der Waals surface area contributed by atoms with Crippen LogP contribution in [-0.4, -0.2) is 29.5 Å². The van der Waals surface area contributed by atoms with Crippen LogP contribution >= 0.6 is 0 Å². The summed E-state index contributed by atoms with van der Waals surface area (Å²) in [5.74, 6) is -0.807. The number of carbonyl (C=O) groups is 2. The maximum atomic E-state index is 13.9. The smallest absolute Gasteiger partial charge is 0.417 e. The molecule has 0 N–H and O–H groups in total. The van der Waals surface area contributed by atoms with E-state index in [-0.39, 0.29) is 30.3 Å². The quantitative estimate of drug-likeness (QED) is 0.412. The van der Waals surface area contributed by atoms with E-state index in [0.29, 0.717) is 6.42 Å². The SMILES string of the molecule is C=C[C@@H](/C=C/C)[C@H](CCCC)C(=O)N1C(=O)OC[C@H]1C(c1ccccc1)c1ccccc1. The Morgan fingerprint density at radius 3 is 2.22 bits per heavy atom. The van der Waals surface area contributed by atoms with Gasteiger partial charge >= 0.3 is 6.09 Å². The van der Waals surface area contributed by atoms with Crippen molar-refractivity contribution in [2.45, 2.75) is 45.1 Å². The van der Waals surface area contributed by atoms with E-state index in [1.807, 2.05) is 79.7 Å². The van der Waals surface area contributed by atoms with Crippen molar-refractivity contribution >= 4 is 12.0 Å². The van der Waals surface area contributed by atoms with Gasteiger partial charge in [0, 0.05) is 17.8 Å². The molecular formula is C28H33NO3. The predicted octanol–water partition coefficient (Wildman–Crippen LogP) is 6.35. The van der Waals surface area contributed by atoms with Gasteiger partial charge in [0.2, 0.25) is 5.91 Å². The lowest BCUT2D eigenvalue weighted by Gasteiger charge is -2.32. The van der Waals surface area contributed by atoms with E-state index in [1.54, 1.807) is 6.08 Å². The Morgan fingerprint density at radius 1 is 1.12 bits per heavy atom. The Morgan fingerprint density at radius 2 is 1.72 bits per heavy atom. The maximum absolute atomic E-state index is 13.9. The third kappa shape index (κ3) is 5.18. The third-order valence-electron chi connectivity index (χ3n) is 6.18. The van der Waals surface area contributed by atoms with Gasteiger partial charge in [-0.3, -0.25) is 4.79 Å². The van der Waals surface area contributed by atoms with Crippen molar-refractivity contribution in [3.05, 3.63) is 96.6 Å². The van der Waals surface area contributed by atoms with E-state index < -0.39 is 12.1 Å². The van der Waals surface area contributed by atoms with Crippen LogP contribution in [0.4, 0.5) is 4.79 Å². The minimum absolute atomic E-state index is 0.125. The summed E-state index contributed by atoms with van der Waals surface area (Å²) in [4.78, 5) is 28.1. The number of cyclic esters (lactones) is 1. The van der Waals surface area contributed by atoms with E-state index in [2.05, 4.69) is 13.5 Å². The van der Waals surface area contributed by atoms with Crippen LogP contribution in [0, 0.1) is 11.8 Å². The second-order valence-corrected chi connectivity index (χ2v) is 8.24. The Labute approximate surface area is 191 Å². The summed E-state index contributed by atoms with van der Waals surface area (Å²) >= 11 is 0. The topological polar surface area (TPSA) is 46.6 Å². The summed E-state index contributed by atoms with van der Waals surface area (Å²) in [6.45, 7) is 8.17. The van der Waals surface area contributed by atoms with E-state index in [9.17, 15) is 9.59 Å². The van der Waals surface area contributed by atoms with Crippen molar-refractivity contribution < 1.29 is 14.3 Å². The van der Waals surface area contributed by atoms with Crippen LogP contribution in [0.5, 0.6) is 0 Å². The summed E-state index contributed by atoms with van der Waals surface area (Å²) in [7, 11) is 0.